The summed E-state index contributed by atoms with van der Waals surface area (Å²) in [7, 11) is 0. The SMILES string of the molecule is O=C(CN1CCN(Cc2ccccc2)CC1)Nc1cc(Cl)cc(Cl)c1. The second-order valence-corrected chi connectivity index (χ2v) is 7.12. The Morgan fingerprint density at radius 1 is 0.920 bits per heavy atom. The third-order valence-electron chi connectivity index (χ3n) is 4.23. The van der Waals surface area contributed by atoms with E-state index in [-0.39, 0.29) is 5.91 Å². The highest BCUT2D eigenvalue weighted by molar-refractivity contribution is 6.35. The van der Waals surface area contributed by atoms with Crippen molar-refractivity contribution < 1.29 is 4.79 Å². The zero-order valence-electron chi connectivity index (χ0n) is 13.9. The van der Waals surface area contributed by atoms with Gasteiger partial charge in [-0.15, -0.1) is 0 Å². The number of halogens is 2. The van der Waals surface area contributed by atoms with Crippen LogP contribution in [0.4, 0.5) is 5.69 Å². The lowest BCUT2D eigenvalue weighted by Gasteiger charge is -2.34. The maximum atomic E-state index is 12.2. The van der Waals surface area contributed by atoms with E-state index in [0.29, 0.717) is 22.3 Å². The number of benzene rings is 2. The monoisotopic (exact) mass is 377 g/mol. The van der Waals surface area contributed by atoms with E-state index in [0.717, 1.165) is 32.7 Å². The van der Waals surface area contributed by atoms with E-state index >= 15 is 0 Å². The average molecular weight is 378 g/mol. The number of piperazine rings is 1. The van der Waals surface area contributed by atoms with Crippen molar-refractivity contribution in [2.75, 3.05) is 38.0 Å². The van der Waals surface area contributed by atoms with Crippen molar-refractivity contribution in [1.29, 1.82) is 0 Å². The molecule has 1 amide bonds. The van der Waals surface area contributed by atoms with Gasteiger partial charge in [0.1, 0.15) is 0 Å². The molecule has 0 atom stereocenters. The van der Waals surface area contributed by atoms with Crippen molar-refractivity contribution >= 4 is 34.8 Å². The van der Waals surface area contributed by atoms with Gasteiger partial charge in [0.05, 0.1) is 6.54 Å². The zero-order valence-corrected chi connectivity index (χ0v) is 15.4. The predicted octanol–water partition coefficient (Wildman–Crippen LogP) is 3.75. The lowest BCUT2D eigenvalue weighted by Crippen LogP contribution is -2.48. The molecule has 132 valence electrons. The summed E-state index contributed by atoms with van der Waals surface area (Å²) in [6.45, 7) is 5.04. The molecular formula is C19H21Cl2N3O. The van der Waals surface area contributed by atoms with Crippen LogP contribution in [0.3, 0.4) is 0 Å². The zero-order chi connectivity index (χ0) is 17.6. The summed E-state index contributed by atoms with van der Waals surface area (Å²) >= 11 is 11.9. The van der Waals surface area contributed by atoms with Crippen molar-refractivity contribution in [2.45, 2.75) is 6.54 Å². The van der Waals surface area contributed by atoms with E-state index < -0.39 is 0 Å². The van der Waals surface area contributed by atoms with Gasteiger partial charge in [-0.2, -0.15) is 0 Å². The highest BCUT2D eigenvalue weighted by atomic mass is 35.5. The lowest BCUT2D eigenvalue weighted by molar-refractivity contribution is -0.117. The Labute approximate surface area is 158 Å². The van der Waals surface area contributed by atoms with Gasteiger partial charge in [0.2, 0.25) is 5.91 Å². The molecule has 0 radical (unpaired) electrons. The largest absolute Gasteiger partial charge is 0.325 e. The molecule has 25 heavy (non-hydrogen) atoms. The van der Waals surface area contributed by atoms with Gasteiger partial charge < -0.3 is 5.32 Å². The fourth-order valence-corrected chi connectivity index (χ4v) is 3.50. The van der Waals surface area contributed by atoms with Crippen molar-refractivity contribution in [1.82, 2.24) is 9.80 Å². The van der Waals surface area contributed by atoms with E-state index in [2.05, 4.69) is 39.4 Å². The smallest absolute Gasteiger partial charge is 0.238 e. The van der Waals surface area contributed by atoms with Crippen molar-refractivity contribution in [3.05, 3.63) is 64.1 Å². The number of hydrogen-bond donors (Lipinski definition) is 1. The van der Waals surface area contributed by atoms with Gasteiger partial charge in [-0.05, 0) is 23.8 Å². The van der Waals surface area contributed by atoms with E-state index in [4.69, 9.17) is 23.2 Å². The number of anilines is 1. The van der Waals surface area contributed by atoms with Gasteiger partial charge in [0.25, 0.3) is 0 Å². The van der Waals surface area contributed by atoms with Crippen LogP contribution in [-0.4, -0.2) is 48.4 Å². The molecule has 0 aliphatic carbocycles. The first-order valence-electron chi connectivity index (χ1n) is 8.33. The van der Waals surface area contributed by atoms with Crippen LogP contribution >= 0.6 is 23.2 Å². The van der Waals surface area contributed by atoms with Gasteiger partial charge >= 0.3 is 0 Å². The van der Waals surface area contributed by atoms with Crippen LogP contribution in [0.25, 0.3) is 0 Å². The Balaban J connectivity index is 1.44. The summed E-state index contributed by atoms with van der Waals surface area (Å²) in [5.74, 6) is -0.0464. The first-order chi connectivity index (χ1) is 12.1. The Hall–Kier alpha value is -1.59. The molecule has 2 aromatic carbocycles. The van der Waals surface area contributed by atoms with E-state index in [9.17, 15) is 4.79 Å². The molecule has 1 aliphatic heterocycles. The molecule has 4 nitrogen and oxygen atoms in total. The molecule has 1 fully saturated rings. The topological polar surface area (TPSA) is 35.6 Å². The standard InChI is InChI=1S/C19H21Cl2N3O/c20-16-10-17(21)12-18(11-16)22-19(25)14-24-8-6-23(7-9-24)13-15-4-2-1-3-5-15/h1-5,10-12H,6-9,13-14H2,(H,22,25). The van der Waals surface area contributed by atoms with Crippen LogP contribution in [0, 0.1) is 0 Å². The molecular weight excluding hydrogens is 357 g/mol. The van der Waals surface area contributed by atoms with Crippen LogP contribution in [0.5, 0.6) is 0 Å². The number of carbonyl (C=O) groups excluding carboxylic acids is 1. The summed E-state index contributed by atoms with van der Waals surface area (Å²) in [6, 6.07) is 15.5. The van der Waals surface area contributed by atoms with Crippen LogP contribution in [-0.2, 0) is 11.3 Å². The second kappa shape index (κ2) is 8.68. The van der Waals surface area contributed by atoms with Gasteiger partial charge in [0.15, 0.2) is 0 Å². The number of amides is 1. The molecule has 1 aliphatic rings. The minimum absolute atomic E-state index is 0.0464. The number of nitrogens with zero attached hydrogens (tertiary/aromatic N) is 2. The van der Waals surface area contributed by atoms with Crippen molar-refractivity contribution in [2.24, 2.45) is 0 Å². The molecule has 0 saturated carbocycles. The normalized spacial score (nSPS) is 15.9. The molecule has 0 aromatic heterocycles. The lowest BCUT2D eigenvalue weighted by atomic mass is 10.2. The number of nitrogens with one attached hydrogen (secondary N) is 1. The highest BCUT2D eigenvalue weighted by Crippen LogP contribution is 2.22. The van der Waals surface area contributed by atoms with Crippen molar-refractivity contribution in [3.8, 4) is 0 Å². The molecule has 0 spiro atoms. The van der Waals surface area contributed by atoms with Crippen LogP contribution in [0.15, 0.2) is 48.5 Å². The Morgan fingerprint density at radius 3 is 2.16 bits per heavy atom. The molecule has 2 aromatic rings. The molecule has 1 N–H and O–H groups in total. The molecule has 1 saturated heterocycles. The van der Waals surface area contributed by atoms with Gasteiger partial charge in [0, 0.05) is 48.5 Å². The Morgan fingerprint density at radius 2 is 1.52 bits per heavy atom. The van der Waals surface area contributed by atoms with Crippen LogP contribution in [0.2, 0.25) is 10.0 Å². The van der Waals surface area contributed by atoms with Gasteiger partial charge in [-0.25, -0.2) is 0 Å². The summed E-state index contributed by atoms with van der Waals surface area (Å²) in [6.07, 6.45) is 0. The maximum absolute atomic E-state index is 12.2. The minimum atomic E-state index is -0.0464. The van der Waals surface area contributed by atoms with E-state index in [1.165, 1.54) is 5.56 Å². The average Bonchev–Trinajstić information content (AvgIpc) is 2.56. The number of hydrogen-bond acceptors (Lipinski definition) is 3. The fourth-order valence-electron chi connectivity index (χ4n) is 2.98. The molecule has 1 heterocycles. The first kappa shape index (κ1) is 18.2. The molecule has 0 unspecified atom stereocenters. The quantitative estimate of drug-likeness (QED) is 0.861. The molecule has 6 heteroatoms. The van der Waals surface area contributed by atoms with Crippen LogP contribution < -0.4 is 5.32 Å². The second-order valence-electron chi connectivity index (χ2n) is 6.24. The summed E-state index contributed by atoms with van der Waals surface area (Å²) in [4.78, 5) is 16.8. The summed E-state index contributed by atoms with van der Waals surface area (Å²) in [5.41, 5.74) is 1.96. The summed E-state index contributed by atoms with van der Waals surface area (Å²) < 4.78 is 0. The Kier molecular flexibility index (Phi) is 6.32. The van der Waals surface area contributed by atoms with Crippen molar-refractivity contribution in [3.63, 3.8) is 0 Å². The third kappa shape index (κ3) is 5.72. The molecule has 3 rings (SSSR count). The van der Waals surface area contributed by atoms with E-state index in [1.54, 1.807) is 18.2 Å². The molecule has 0 bridgehead atoms. The maximum Gasteiger partial charge on any atom is 0.238 e. The fraction of sp³-hybridized carbons (Fsp3) is 0.316. The van der Waals surface area contributed by atoms with Gasteiger partial charge in [-0.1, -0.05) is 53.5 Å². The highest BCUT2D eigenvalue weighted by Gasteiger charge is 2.19. The Bertz CT molecular complexity index is 696. The number of rotatable bonds is 5. The van der Waals surface area contributed by atoms with E-state index in [1.807, 2.05) is 6.07 Å². The number of carbonyl (C=O) groups is 1. The van der Waals surface area contributed by atoms with Gasteiger partial charge in [-0.3, -0.25) is 14.6 Å². The first-order valence-corrected chi connectivity index (χ1v) is 9.09. The van der Waals surface area contributed by atoms with Crippen LogP contribution in [0.1, 0.15) is 5.56 Å². The minimum Gasteiger partial charge on any atom is -0.325 e. The summed E-state index contributed by atoms with van der Waals surface area (Å²) in [5, 5.41) is 3.88. The predicted molar refractivity (Wildman–Crippen MR) is 103 cm³/mol. The third-order valence-corrected chi connectivity index (χ3v) is 4.66.